The molecule has 1 saturated heterocycles. The largest absolute Gasteiger partial charge is 0.479 e. The van der Waals surface area contributed by atoms with Gasteiger partial charge in [-0.05, 0) is 19.3 Å². The van der Waals surface area contributed by atoms with E-state index in [4.69, 9.17) is 9.84 Å². The lowest BCUT2D eigenvalue weighted by molar-refractivity contribution is -0.150. The zero-order chi connectivity index (χ0) is 7.72. The van der Waals surface area contributed by atoms with Crippen molar-refractivity contribution in [1.82, 2.24) is 0 Å². The third-order valence-corrected chi connectivity index (χ3v) is 1.84. The summed E-state index contributed by atoms with van der Waals surface area (Å²) in [6.07, 6.45) is 0.392. The minimum atomic E-state index is -0.836. The van der Waals surface area contributed by atoms with E-state index in [1.807, 2.05) is 13.8 Å². The van der Waals surface area contributed by atoms with Crippen LogP contribution in [0.5, 0.6) is 0 Å². The maximum Gasteiger partial charge on any atom is 0.333 e. The van der Waals surface area contributed by atoms with Gasteiger partial charge >= 0.3 is 5.97 Å². The number of aliphatic carboxylic acids is 1. The molecule has 1 heterocycles. The minimum absolute atomic E-state index is 0.107. The molecule has 1 fully saturated rings. The standard InChI is InChI=1S/C7H12O3/c1-4-3-5(2)10-6(4)7(8)9/h4-6H,3H2,1-2H3,(H,8,9)/t4-,5-,6+/m1/s1. The lowest BCUT2D eigenvalue weighted by Crippen LogP contribution is -2.24. The Kier molecular flexibility index (Phi) is 1.94. The average Bonchev–Trinajstić information content (AvgIpc) is 2.10. The summed E-state index contributed by atoms with van der Waals surface area (Å²) in [6, 6.07) is 0. The fourth-order valence-electron chi connectivity index (χ4n) is 1.39. The molecule has 0 aromatic rings. The number of carboxylic acids is 1. The first kappa shape index (κ1) is 7.54. The number of carboxylic acid groups (broad SMARTS) is 1. The fraction of sp³-hybridized carbons (Fsp3) is 0.857. The number of hydrogen-bond donors (Lipinski definition) is 1. The lowest BCUT2D eigenvalue weighted by atomic mass is 10.0. The number of rotatable bonds is 1. The Hall–Kier alpha value is -0.570. The van der Waals surface area contributed by atoms with Crippen molar-refractivity contribution >= 4 is 5.97 Å². The molecule has 0 saturated carbocycles. The van der Waals surface area contributed by atoms with Crippen LogP contribution in [0, 0.1) is 5.92 Å². The second-order valence-corrected chi connectivity index (χ2v) is 2.92. The summed E-state index contributed by atoms with van der Waals surface area (Å²) >= 11 is 0. The summed E-state index contributed by atoms with van der Waals surface area (Å²) < 4.78 is 5.14. The Morgan fingerprint density at radius 3 is 2.40 bits per heavy atom. The molecule has 0 spiro atoms. The molecule has 0 amide bonds. The van der Waals surface area contributed by atoms with Gasteiger partial charge in [-0.1, -0.05) is 6.92 Å². The molecule has 1 aliphatic rings. The highest BCUT2D eigenvalue weighted by Gasteiger charge is 2.34. The molecule has 0 aromatic heterocycles. The zero-order valence-electron chi connectivity index (χ0n) is 6.20. The van der Waals surface area contributed by atoms with Gasteiger partial charge < -0.3 is 9.84 Å². The molecule has 0 aromatic carbocycles. The van der Waals surface area contributed by atoms with E-state index in [2.05, 4.69) is 0 Å². The van der Waals surface area contributed by atoms with Gasteiger partial charge in [0.25, 0.3) is 0 Å². The molecule has 0 radical (unpaired) electrons. The Labute approximate surface area is 60.0 Å². The maximum absolute atomic E-state index is 10.4. The van der Waals surface area contributed by atoms with E-state index < -0.39 is 12.1 Å². The number of ether oxygens (including phenoxy) is 1. The molecule has 3 nitrogen and oxygen atoms in total. The quantitative estimate of drug-likeness (QED) is 0.594. The summed E-state index contributed by atoms with van der Waals surface area (Å²) in [5.41, 5.74) is 0. The van der Waals surface area contributed by atoms with Gasteiger partial charge in [0, 0.05) is 0 Å². The van der Waals surface area contributed by atoms with Crippen LogP contribution in [-0.4, -0.2) is 23.3 Å². The van der Waals surface area contributed by atoms with Crippen LogP contribution in [-0.2, 0) is 9.53 Å². The monoisotopic (exact) mass is 144 g/mol. The van der Waals surface area contributed by atoms with Crippen molar-refractivity contribution in [2.75, 3.05) is 0 Å². The normalized spacial score (nSPS) is 40.0. The van der Waals surface area contributed by atoms with Crippen molar-refractivity contribution in [3.8, 4) is 0 Å². The van der Waals surface area contributed by atoms with Crippen LogP contribution < -0.4 is 0 Å². The Bertz CT molecular complexity index is 144. The molecule has 0 aliphatic carbocycles. The van der Waals surface area contributed by atoms with Crippen LogP contribution in [0.1, 0.15) is 20.3 Å². The van der Waals surface area contributed by atoms with Crippen LogP contribution in [0.4, 0.5) is 0 Å². The maximum atomic E-state index is 10.4. The predicted octanol–water partition coefficient (Wildman–Crippen LogP) is 0.885. The molecule has 3 atom stereocenters. The van der Waals surface area contributed by atoms with Crippen molar-refractivity contribution in [2.45, 2.75) is 32.5 Å². The van der Waals surface area contributed by atoms with Gasteiger partial charge in [0.15, 0.2) is 6.10 Å². The molecule has 3 heteroatoms. The molecular weight excluding hydrogens is 132 g/mol. The first-order chi connectivity index (χ1) is 4.61. The topological polar surface area (TPSA) is 46.5 Å². The van der Waals surface area contributed by atoms with E-state index in [0.717, 1.165) is 6.42 Å². The van der Waals surface area contributed by atoms with E-state index in [9.17, 15) is 4.79 Å². The summed E-state index contributed by atoms with van der Waals surface area (Å²) in [5.74, 6) is -0.677. The number of carbonyl (C=O) groups is 1. The third kappa shape index (κ3) is 1.29. The number of hydrogen-bond acceptors (Lipinski definition) is 2. The lowest BCUT2D eigenvalue weighted by Gasteiger charge is -2.07. The van der Waals surface area contributed by atoms with Crippen molar-refractivity contribution in [3.63, 3.8) is 0 Å². The Morgan fingerprint density at radius 1 is 1.60 bits per heavy atom. The van der Waals surface area contributed by atoms with Gasteiger partial charge in [-0.15, -0.1) is 0 Å². The van der Waals surface area contributed by atoms with Gasteiger partial charge in [0.2, 0.25) is 0 Å². The second-order valence-electron chi connectivity index (χ2n) is 2.92. The molecule has 1 N–H and O–H groups in total. The first-order valence-electron chi connectivity index (χ1n) is 3.49. The van der Waals surface area contributed by atoms with Crippen LogP contribution in [0.2, 0.25) is 0 Å². The van der Waals surface area contributed by atoms with Crippen LogP contribution in [0.15, 0.2) is 0 Å². The highest BCUT2D eigenvalue weighted by molar-refractivity contribution is 5.73. The Morgan fingerprint density at radius 2 is 2.20 bits per heavy atom. The fourth-order valence-corrected chi connectivity index (χ4v) is 1.39. The Balaban J connectivity index is 2.54. The summed E-state index contributed by atoms with van der Waals surface area (Å²) in [6.45, 7) is 3.81. The third-order valence-electron chi connectivity index (χ3n) is 1.84. The summed E-state index contributed by atoms with van der Waals surface area (Å²) in [7, 11) is 0. The van der Waals surface area contributed by atoms with Crippen LogP contribution in [0.25, 0.3) is 0 Å². The molecule has 1 aliphatic heterocycles. The van der Waals surface area contributed by atoms with Crippen molar-refractivity contribution in [1.29, 1.82) is 0 Å². The molecule has 1 rings (SSSR count). The molecular formula is C7H12O3. The van der Waals surface area contributed by atoms with Gasteiger partial charge in [-0.3, -0.25) is 0 Å². The van der Waals surface area contributed by atoms with Gasteiger partial charge in [0.05, 0.1) is 6.10 Å². The van der Waals surface area contributed by atoms with Crippen LogP contribution >= 0.6 is 0 Å². The van der Waals surface area contributed by atoms with E-state index in [0.29, 0.717) is 0 Å². The van der Waals surface area contributed by atoms with E-state index in [1.54, 1.807) is 0 Å². The summed E-state index contributed by atoms with van der Waals surface area (Å²) in [5, 5.41) is 8.58. The minimum Gasteiger partial charge on any atom is -0.479 e. The highest BCUT2D eigenvalue weighted by Crippen LogP contribution is 2.25. The van der Waals surface area contributed by atoms with Crippen molar-refractivity contribution in [3.05, 3.63) is 0 Å². The smallest absolute Gasteiger partial charge is 0.333 e. The van der Waals surface area contributed by atoms with Crippen LogP contribution in [0.3, 0.4) is 0 Å². The van der Waals surface area contributed by atoms with E-state index in [-0.39, 0.29) is 12.0 Å². The van der Waals surface area contributed by atoms with Crippen molar-refractivity contribution in [2.24, 2.45) is 5.92 Å². The second kappa shape index (κ2) is 2.58. The zero-order valence-corrected chi connectivity index (χ0v) is 6.20. The predicted molar refractivity (Wildman–Crippen MR) is 35.8 cm³/mol. The van der Waals surface area contributed by atoms with Gasteiger partial charge in [0.1, 0.15) is 0 Å². The van der Waals surface area contributed by atoms with E-state index >= 15 is 0 Å². The molecule has 10 heavy (non-hydrogen) atoms. The molecule has 58 valence electrons. The van der Waals surface area contributed by atoms with E-state index in [1.165, 1.54) is 0 Å². The highest BCUT2D eigenvalue weighted by atomic mass is 16.5. The SMILES string of the molecule is C[C@@H]1C[C@@H](C)[C@@H](C(=O)O)O1. The molecule has 0 bridgehead atoms. The van der Waals surface area contributed by atoms with Crippen molar-refractivity contribution < 1.29 is 14.6 Å². The summed E-state index contributed by atoms with van der Waals surface area (Å²) in [4.78, 5) is 10.4. The van der Waals surface area contributed by atoms with Gasteiger partial charge in [-0.25, -0.2) is 4.79 Å². The first-order valence-corrected chi connectivity index (χ1v) is 3.49. The van der Waals surface area contributed by atoms with Gasteiger partial charge in [-0.2, -0.15) is 0 Å². The molecule has 0 unspecified atom stereocenters. The average molecular weight is 144 g/mol.